The Morgan fingerprint density at radius 3 is 2.32 bits per heavy atom. The smallest absolute Gasteiger partial charge is 0.252 e. The predicted octanol–water partition coefficient (Wildman–Crippen LogP) is 2.69. The Morgan fingerprint density at radius 2 is 1.72 bits per heavy atom. The van der Waals surface area contributed by atoms with E-state index in [9.17, 15) is 4.79 Å². The van der Waals surface area contributed by atoms with Gasteiger partial charge in [-0.05, 0) is 61.7 Å². The molecule has 5 nitrogen and oxygen atoms in total. The van der Waals surface area contributed by atoms with E-state index < -0.39 is 5.60 Å². The highest BCUT2D eigenvalue weighted by Crippen LogP contribution is 2.25. The molecule has 0 bridgehead atoms. The van der Waals surface area contributed by atoms with Crippen LogP contribution < -0.4 is 10.6 Å². The number of pyridine rings is 1. The predicted molar refractivity (Wildman–Crippen MR) is 98.1 cm³/mol. The molecular formula is C20H25N3O2. The summed E-state index contributed by atoms with van der Waals surface area (Å²) < 4.78 is 5.60. The summed E-state index contributed by atoms with van der Waals surface area (Å²) in [5.74, 6) is -0.0257. The average molecular weight is 339 g/mol. The molecular weight excluding hydrogens is 314 g/mol. The lowest BCUT2D eigenvalue weighted by Crippen LogP contribution is -2.54. The third-order valence-electron chi connectivity index (χ3n) is 4.99. The molecule has 1 aromatic carbocycles. The fraction of sp³-hybridized carbons (Fsp3) is 0.400. The zero-order valence-electron chi connectivity index (χ0n) is 14.8. The Balaban J connectivity index is 1.68. The van der Waals surface area contributed by atoms with Crippen LogP contribution in [-0.2, 0) is 9.53 Å². The van der Waals surface area contributed by atoms with Crippen LogP contribution in [0.3, 0.4) is 0 Å². The highest BCUT2D eigenvalue weighted by Gasteiger charge is 2.40. The number of methoxy groups -OCH3 is 1. The van der Waals surface area contributed by atoms with Crippen LogP contribution in [0.15, 0.2) is 48.8 Å². The number of amides is 1. The SMILES string of the molecule is COC1(C(=O)NC(C)c2ccc(-c3ccncc3)cc2)CCNCC1. The van der Waals surface area contributed by atoms with Crippen molar-refractivity contribution in [2.45, 2.75) is 31.4 Å². The van der Waals surface area contributed by atoms with Gasteiger partial charge in [0.2, 0.25) is 0 Å². The van der Waals surface area contributed by atoms with Crippen LogP contribution in [0.5, 0.6) is 0 Å². The van der Waals surface area contributed by atoms with Gasteiger partial charge in [0.1, 0.15) is 5.60 Å². The summed E-state index contributed by atoms with van der Waals surface area (Å²) in [6, 6.07) is 12.2. The Labute approximate surface area is 148 Å². The summed E-state index contributed by atoms with van der Waals surface area (Å²) >= 11 is 0. The number of ether oxygens (including phenoxy) is 1. The van der Waals surface area contributed by atoms with Gasteiger partial charge in [0.15, 0.2) is 0 Å². The molecule has 2 aromatic rings. The van der Waals surface area contributed by atoms with Gasteiger partial charge in [0.25, 0.3) is 5.91 Å². The van der Waals surface area contributed by atoms with E-state index in [2.05, 4.69) is 39.9 Å². The fourth-order valence-corrected chi connectivity index (χ4v) is 3.27. The first-order chi connectivity index (χ1) is 12.1. The molecule has 0 aliphatic carbocycles. The third kappa shape index (κ3) is 3.89. The van der Waals surface area contributed by atoms with Crippen LogP contribution in [0.25, 0.3) is 11.1 Å². The van der Waals surface area contributed by atoms with E-state index in [1.54, 1.807) is 19.5 Å². The number of piperidine rings is 1. The standard InChI is InChI=1S/C20H25N3O2/c1-15(23-19(24)20(25-2)9-13-22-14-10-20)16-3-5-17(6-4-16)18-7-11-21-12-8-18/h3-8,11-12,15,22H,9-10,13-14H2,1-2H3,(H,23,24). The maximum atomic E-state index is 12.8. The summed E-state index contributed by atoms with van der Waals surface area (Å²) in [5.41, 5.74) is 2.63. The molecule has 1 aliphatic heterocycles. The lowest BCUT2D eigenvalue weighted by Gasteiger charge is -2.35. The molecule has 5 heteroatoms. The molecule has 3 rings (SSSR count). The molecule has 1 unspecified atom stereocenters. The summed E-state index contributed by atoms with van der Waals surface area (Å²) in [4.78, 5) is 16.8. The summed E-state index contributed by atoms with van der Waals surface area (Å²) in [6.07, 6.45) is 4.97. The lowest BCUT2D eigenvalue weighted by molar-refractivity contribution is -0.147. The lowest BCUT2D eigenvalue weighted by atomic mass is 9.90. The van der Waals surface area contributed by atoms with Crippen molar-refractivity contribution in [3.63, 3.8) is 0 Å². The topological polar surface area (TPSA) is 63.2 Å². The molecule has 0 saturated carbocycles. The van der Waals surface area contributed by atoms with E-state index in [4.69, 9.17) is 4.74 Å². The number of benzene rings is 1. The maximum absolute atomic E-state index is 12.8. The van der Waals surface area contributed by atoms with E-state index in [0.29, 0.717) is 12.8 Å². The van der Waals surface area contributed by atoms with E-state index >= 15 is 0 Å². The first-order valence-corrected chi connectivity index (χ1v) is 8.72. The van der Waals surface area contributed by atoms with Gasteiger partial charge in [-0.2, -0.15) is 0 Å². The van der Waals surface area contributed by atoms with Gasteiger partial charge < -0.3 is 15.4 Å². The third-order valence-corrected chi connectivity index (χ3v) is 4.99. The molecule has 2 N–H and O–H groups in total. The van der Waals surface area contributed by atoms with Gasteiger partial charge in [0.05, 0.1) is 6.04 Å². The normalized spacial score (nSPS) is 17.7. The van der Waals surface area contributed by atoms with Crippen molar-refractivity contribution >= 4 is 5.91 Å². The van der Waals surface area contributed by atoms with Crippen molar-refractivity contribution in [2.75, 3.05) is 20.2 Å². The number of nitrogens with zero attached hydrogens (tertiary/aromatic N) is 1. The van der Waals surface area contributed by atoms with Crippen LogP contribution in [-0.4, -0.2) is 36.7 Å². The first kappa shape index (κ1) is 17.6. The van der Waals surface area contributed by atoms with E-state index in [1.807, 2.05) is 19.1 Å². The van der Waals surface area contributed by atoms with Crippen molar-refractivity contribution in [3.8, 4) is 11.1 Å². The molecule has 132 valence electrons. The number of hydrogen-bond acceptors (Lipinski definition) is 4. The van der Waals surface area contributed by atoms with E-state index in [1.165, 1.54) is 0 Å². The number of carbonyl (C=O) groups excluding carboxylic acids is 1. The second-order valence-corrected chi connectivity index (χ2v) is 6.50. The Morgan fingerprint density at radius 1 is 1.12 bits per heavy atom. The van der Waals surface area contributed by atoms with Crippen molar-refractivity contribution in [3.05, 3.63) is 54.4 Å². The quantitative estimate of drug-likeness (QED) is 0.879. The Kier molecular flexibility index (Phi) is 5.46. The molecule has 1 amide bonds. The number of hydrogen-bond donors (Lipinski definition) is 2. The minimum atomic E-state index is -0.712. The average Bonchev–Trinajstić information content (AvgIpc) is 2.69. The summed E-state index contributed by atoms with van der Waals surface area (Å²) in [6.45, 7) is 3.61. The molecule has 0 radical (unpaired) electrons. The van der Waals surface area contributed by atoms with Gasteiger partial charge in [-0.25, -0.2) is 0 Å². The molecule has 0 spiro atoms. The number of aromatic nitrogens is 1. The zero-order chi connectivity index (χ0) is 17.7. The molecule has 2 heterocycles. The van der Waals surface area contributed by atoms with Crippen molar-refractivity contribution in [2.24, 2.45) is 0 Å². The molecule has 1 fully saturated rings. The molecule has 1 atom stereocenters. The van der Waals surface area contributed by atoms with E-state index in [0.717, 1.165) is 29.8 Å². The number of nitrogens with one attached hydrogen (secondary N) is 2. The summed E-state index contributed by atoms with van der Waals surface area (Å²) in [7, 11) is 1.62. The highest BCUT2D eigenvalue weighted by atomic mass is 16.5. The van der Waals surface area contributed by atoms with Crippen molar-refractivity contribution in [1.82, 2.24) is 15.6 Å². The zero-order valence-corrected chi connectivity index (χ0v) is 14.8. The molecule has 25 heavy (non-hydrogen) atoms. The van der Waals surface area contributed by atoms with Gasteiger partial charge in [-0.3, -0.25) is 9.78 Å². The second-order valence-electron chi connectivity index (χ2n) is 6.50. The minimum Gasteiger partial charge on any atom is -0.368 e. The van der Waals surface area contributed by atoms with Gasteiger partial charge in [-0.15, -0.1) is 0 Å². The molecule has 1 saturated heterocycles. The molecule has 1 aromatic heterocycles. The first-order valence-electron chi connectivity index (χ1n) is 8.72. The number of rotatable bonds is 5. The van der Waals surface area contributed by atoms with Gasteiger partial charge in [0, 0.05) is 19.5 Å². The van der Waals surface area contributed by atoms with Crippen LogP contribution in [0.4, 0.5) is 0 Å². The van der Waals surface area contributed by atoms with Crippen molar-refractivity contribution < 1.29 is 9.53 Å². The number of carbonyl (C=O) groups is 1. The largest absolute Gasteiger partial charge is 0.368 e. The Hall–Kier alpha value is -2.24. The monoisotopic (exact) mass is 339 g/mol. The van der Waals surface area contributed by atoms with Crippen LogP contribution in [0.1, 0.15) is 31.4 Å². The van der Waals surface area contributed by atoms with Crippen LogP contribution in [0.2, 0.25) is 0 Å². The van der Waals surface area contributed by atoms with Gasteiger partial charge in [-0.1, -0.05) is 24.3 Å². The van der Waals surface area contributed by atoms with Crippen molar-refractivity contribution in [1.29, 1.82) is 0 Å². The molecule has 1 aliphatic rings. The van der Waals surface area contributed by atoms with E-state index in [-0.39, 0.29) is 11.9 Å². The minimum absolute atomic E-state index is 0.0257. The fourth-order valence-electron chi connectivity index (χ4n) is 3.27. The Bertz CT molecular complexity index is 695. The highest BCUT2D eigenvalue weighted by molar-refractivity contribution is 5.85. The van der Waals surface area contributed by atoms with Crippen LogP contribution in [0, 0.1) is 0 Å². The second kappa shape index (κ2) is 7.76. The summed E-state index contributed by atoms with van der Waals surface area (Å²) in [5, 5.41) is 6.39. The maximum Gasteiger partial charge on any atom is 0.252 e. The van der Waals surface area contributed by atoms with Gasteiger partial charge >= 0.3 is 0 Å². The van der Waals surface area contributed by atoms with Crippen LogP contribution >= 0.6 is 0 Å².